The number of piperazine rings is 1. The van der Waals surface area contributed by atoms with E-state index in [0.29, 0.717) is 12.6 Å². The average molecular weight is 360 g/mol. The molecule has 2 aliphatic heterocycles. The molecule has 1 aromatic heterocycles. The molecular formula is C18H28N6O2. The predicted molar refractivity (Wildman–Crippen MR) is 95.2 cm³/mol. The highest BCUT2D eigenvalue weighted by Gasteiger charge is 2.34. The molecule has 0 bridgehead atoms. The molecule has 1 aliphatic carbocycles. The summed E-state index contributed by atoms with van der Waals surface area (Å²) in [5, 5.41) is 7.84. The molecule has 0 aromatic carbocycles. The third-order valence-electron chi connectivity index (χ3n) is 6.12. The molecule has 0 unspecified atom stereocenters. The maximum absolute atomic E-state index is 12.7. The number of carbonyl (C=O) groups excluding carboxylic acids is 2. The van der Waals surface area contributed by atoms with E-state index >= 15 is 0 Å². The Hall–Kier alpha value is -1.96. The van der Waals surface area contributed by atoms with Crippen LogP contribution in [0.3, 0.4) is 0 Å². The zero-order chi connectivity index (χ0) is 18.1. The van der Waals surface area contributed by atoms with Gasteiger partial charge in [-0.2, -0.15) is 0 Å². The highest BCUT2D eigenvalue weighted by atomic mass is 16.2. The largest absolute Gasteiger partial charge is 0.339 e. The summed E-state index contributed by atoms with van der Waals surface area (Å²) < 4.78 is 1.65. The molecule has 2 fully saturated rings. The minimum absolute atomic E-state index is 0.0507. The van der Waals surface area contributed by atoms with Crippen LogP contribution in [0, 0.1) is 0 Å². The SMILES string of the molecule is C[C@H]1C(=O)N(CC(=O)N2CCN(C3CCCCC3)CC2)Cc2cnnn21. The Balaban J connectivity index is 1.31. The Morgan fingerprint density at radius 1 is 1.15 bits per heavy atom. The van der Waals surface area contributed by atoms with Crippen molar-refractivity contribution in [1.29, 1.82) is 0 Å². The maximum atomic E-state index is 12.7. The van der Waals surface area contributed by atoms with Gasteiger partial charge in [0.1, 0.15) is 12.6 Å². The number of hydrogen-bond donors (Lipinski definition) is 0. The fraction of sp³-hybridized carbons (Fsp3) is 0.778. The molecule has 8 nitrogen and oxygen atoms in total. The molecule has 3 aliphatic rings. The van der Waals surface area contributed by atoms with Crippen molar-refractivity contribution in [3.8, 4) is 0 Å². The fourth-order valence-electron chi connectivity index (χ4n) is 4.53. The summed E-state index contributed by atoms with van der Waals surface area (Å²) in [5.41, 5.74) is 0.881. The lowest BCUT2D eigenvalue weighted by Crippen LogP contribution is -2.55. The van der Waals surface area contributed by atoms with Gasteiger partial charge in [0.15, 0.2) is 0 Å². The van der Waals surface area contributed by atoms with E-state index in [9.17, 15) is 9.59 Å². The molecule has 0 spiro atoms. The Kier molecular flexibility index (Phi) is 4.93. The van der Waals surface area contributed by atoms with Gasteiger partial charge in [0.2, 0.25) is 11.8 Å². The van der Waals surface area contributed by atoms with Crippen molar-refractivity contribution in [1.82, 2.24) is 29.7 Å². The highest BCUT2D eigenvalue weighted by molar-refractivity contribution is 5.87. The van der Waals surface area contributed by atoms with Crippen LogP contribution in [0.4, 0.5) is 0 Å². The molecule has 142 valence electrons. The fourth-order valence-corrected chi connectivity index (χ4v) is 4.53. The van der Waals surface area contributed by atoms with E-state index in [1.54, 1.807) is 22.7 Å². The molecule has 8 heteroatoms. The van der Waals surface area contributed by atoms with Gasteiger partial charge in [-0.15, -0.1) is 5.10 Å². The Morgan fingerprint density at radius 2 is 1.88 bits per heavy atom. The first-order valence-corrected chi connectivity index (χ1v) is 9.83. The molecule has 4 rings (SSSR count). The van der Waals surface area contributed by atoms with Crippen LogP contribution in [0.15, 0.2) is 6.20 Å². The number of amides is 2. The van der Waals surface area contributed by atoms with Crippen LogP contribution in [0.1, 0.15) is 50.8 Å². The van der Waals surface area contributed by atoms with E-state index in [1.807, 2.05) is 4.90 Å². The van der Waals surface area contributed by atoms with E-state index in [1.165, 1.54) is 32.1 Å². The quantitative estimate of drug-likeness (QED) is 0.792. The number of carbonyl (C=O) groups is 2. The van der Waals surface area contributed by atoms with Crippen LogP contribution >= 0.6 is 0 Å². The predicted octanol–water partition coefficient (Wildman–Crippen LogP) is 0.658. The van der Waals surface area contributed by atoms with Crippen molar-refractivity contribution < 1.29 is 9.59 Å². The standard InChI is InChI=1S/C18H28N6O2/c1-14-18(26)23(12-16-11-19-20-24(14)16)13-17(25)22-9-7-21(8-10-22)15-5-3-2-4-6-15/h11,14-15H,2-10,12-13H2,1H3/t14-/m0/s1. The van der Waals surface area contributed by atoms with Gasteiger partial charge < -0.3 is 9.80 Å². The van der Waals surface area contributed by atoms with Crippen LogP contribution in [-0.4, -0.2) is 80.3 Å². The van der Waals surface area contributed by atoms with Crippen molar-refractivity contribution >= 4 is 11.8 Å². The van der Waals surface area contributed by atoms with Crippen molar-refractivity contribution in [3.63, 3.8) is 0 Å². The Bertz CT molecular complexity index is 660. The summed E-state index contributed by atoms with van der Waals surface area (Å²) in [5.74, 6) is -0.00744. The number of aromatic nitrogens is 3. The average Bonchev–Trinajstić information content (AvgIpc) is 3.15. The Morgan fingerprint density at radius 3 is 2.62 bits per heavy atom. The second-order valence-electron chi connectivity index (χ2n) is 7.75. The lowest BCUT2D eigenvalue weighted by Gasteiger charge is -2.41. The molecule has 2 amide bonds. The monoisotopic (exact) mass is 360 g/mol. The molecule has 26 heavy (non-hydrogen) atoms. The van der Waals surface area contributed by atoms with Crippen molar-refractivity contribution in [2.75, 3.05) is 32.7 Å². The van der Waals surface area contributed by atoms with Gasteiger partial charge in [0, 0.05) is 32.2 Å². The molecule has 0 N–H and O–H groups in total. The normalized spacial score (nSPS) is 25.4. The third-order valence-corrected chi connectivity index (χ3v) is 6.12. The van der Waals surface area contributed by atoms with E-state index in [0.717, 1.165) is 31.9 Å². The lowest BCUT2D eigenvalue weighted by molar-refractivity contribution is -0.145. The molecule has 1 atom stereocenters. The summed E-state index contributed by atoms with van der Waals surface area (Å²) in [6.07, 6.45) is 8.32. The van der Waals surface area contributed by atoms with E-state index < -0.39 is 6.04 Å². The summed E-state index contributed by atoms with van der Waals surface area (Å²) >= 11 is 0. The van der Waals surface area contributed by atoms with Crippen molar-refractivity contribution in [2.24, 2.45) is 0 Å². The Labute approximate surface area is 154 Å². The second-order valence-corrected chi connectivity index (χ2v) is 7.75. The van der Waals surface area contributed by atoms with E-state index in [4.69, 9.17) is 0 Å². The molecule has 1 saturated heterocycles. The second kappa shape index (κ2) is 7.34. The zero-order valence-electron chi connectivity index (χ0n) is 15.5. The lowest BCUT2D eigenvalue weighted by atomic mass is 9.94. The minimum atomic E-state index is -0.391. The number of hydrogen-bond acceptors (Lipinski definition) is 5. The molecule has 3 heterocycles. The van der Waals surface area contributed by atoms with Gasteiger partial charge >= 0.3 is 0 Å². The first kappa shape index (κ1) is 17.5. The van der Waals surface area contributed by atoms with Crippen LogP contribution in [0.2, 0.25) is 0 Å². The van der Waals surface area contributed by atoms with E-state index in [-0.39, 0.29) is 18.4 Å². The van der Waals surface area contributed by atoms with Crippen LogP contribution < -0.4 is 0 Å². The molecular weight excluding hydrogens is 332 g/mol. The summed E-state index contributed by atoms with van der Waals surface area (Å²) in [6.45, 7) is 5.82. The van der Waals surface area contributed by atoms with Gasteiger partial charge in [-0.3, -0.25) is 14.5 Å². The topological polar surface area (TPSA) is 74.6 Å². The van der Waals surface area contributed by atoms with Crippen molar-refractivity contribution in [3.05, 3.63) is 11.9 Å². The maximum Gasteiger partial charge on any atom is 0.248 e. The number of rotatable bonds is 3. The first-order chi connectivity index (χ1) is 12.6. The van der Waals surface area contributed by atoms with Crippen LogP contribution in [0.5, 0.6) is 0 Å². The number of fused-ring (bicyclic) bond motifs is 1. The zero-order valence-corrected chi connectivity index (χ0v) is 15.5. The van der Waals surface area contributed by atoms with Gasteiger partial charge in [-0.05, 0) is 19.8 Å². The van der Waals surface area contributed by atoms with Gasteiger partial charge in [-0.1, -0.05) is 24.5 Å². The third kappa shape index (κ3) is 3.34. The van der Waals surface area contributed by atoms with E-state index in [2.05, 4.69) is 15.2 Å². The molecule has 0 radical (unpaired) electrons. The van der Waals surface area contributed by atoms with Gasteiger partial charge in [-0.25, -0.2) is 4.68 Å². The highest BCUT2D eigenvalue weighted by Crippen LogP contribution is 2.24. The van der Waals surface area contributed by atoms with Crippen LogP contribution in [-0.2, 0) is 16.1 Å². The molecule has 1 aromatic rings. The van der Waals surface area contributed by atoms with Gasteiger partial charge in [0.05, 0.1) is 18.4 Å². The number of nitrogens with zero attached hydrogens (tertiary/aromatic N) is 6. The summed E-state index contributed by atoms with van der Waals surface area (Å²) in [6, 6.07) is 0.315. The van der Waals surface area contributed by atoms with Crippen molar-refractivity contribution in [2.45, 2.75) is 57.7 Å². The van der Waals surface area contributed by atoms with Crippen LogP contribution in [0.25, 0.3) is 0 Å². The minimum Gasteiger partial charge on any atom is -0.339 e. The van der Waals surface area contributed by atoms with Gasteiger partial charge in [0.25, 0.3) is 0 Å². The summed E-state index contributed by atoms with van der Waals surface area (Å²) in [7, 11) is 0. The molecule has 1 saturated carbocycles. The summed E-state index contributed by atoms with van der Waals surface area (Å²) in [4.78, 5) is 31.4. The smallest absolute Gasteiger partial charge is 0.248 e. The first-order valence-electron chi connectivity index (χ1n) is 9.83.